The normalized spacial score (nSPS) is 13.6. The molecule has 1 aliphatic heterocycles. The molecule has 3 aromatic carbocycles. The Morgan fingerprint density at radius 2 is 1.80 bits per heavy atom. The van der Waals surface area contributed by atoms with Crippen LogP contribution in [0.4, 0.5) is 17.1 Å². The fourth-order valence-electron chi connectivity index (χ4n) is 3.90. The smallest absolute Gasteiger partial charge is 0.303 e. The summed E-state index contributed by atoms with van der Waals surface area (Å²) in [5.41, 5.74) is 5.42. The molecule has 0 aliphatic carbocycles. The zero-order valence-corrected chi connectivity index (χ0v) is 20.0. The molecular weight excluding hydrogens is 466 g/mol. The van der Waals surface area contributed by atoms with Crippen LogP contribution in [0.2, 0.25) is 5.02 Å². The summed E-state index contributed by atoms with van der Waals surface area (Å²) in [5.74, 6) is -1.22. The number of halogens is 1. The van der Waals surface area contributed by atoms with Crippen LogP contribution in [-0.4, -0.2) is 29.9 Å². The first kappa shape index (κ1) is 24.0. The van der Waals surface area contributed by atoms with Gasteiger partial charge in [-0.05, 0) is 60.0 Å². The van der Waals surface area contributed by atoms with Crippen molar-refractivity contribution in [1.82, 2.24) is 0 Å². The van der Waals surface area contributed by atoms with Crippen LogP contribution in [0.5, 0.6) is 0 Å². The molecule has 0 atom stereocenters. The molecule has 8 heteroatoms. The molecule has 0 fully saturated rings. The van der Waals surface area contributed by atoms with Gasteiger partial charge in [-0.1, -0.05) is 35.9 Å². The van der Waals surface area contributed by atoms with Gasteiger partial charge in [-0.2, -0.15) is 0 Å². The molecule has 0 aromatic heterocycles. The second kappa shape index (κ2) is 10.0. The average Bonchev–Trinajstić information content (AvgIpc) is 3.15. The predicted molar refractivity (Wildman–Crippen MR) is 138 cm³/mol. The van der Waals surface area contributed by atoms with Crippen molar-refractivity contribution in [2.24, 2.45) is 0 Å². The highest BCUT2D eigenvalue weighted by Gasteiger charge is 2.28. The topological polar surface area (TPSA) is 98.7 Å². The highest BCUT2D eigenvalue weighted by atomic mass is 35.5. The minimum absolute atomic E-state index is 0.00966. The second-order valence-electron chi connectivity index (χ2n) is 8.24. The van der Waals surface area contributed by atoms with Gasteiger partial charge >= 0.3 is 5.97 Å². The molecule has 2 amide bonds. The number of carbonyl (C=O) groups is 3. The van der Waals surface area contributed by atoms with Gasteiger partial charge in [0.15, 0.2) is 0 Å². The maximum atomic E-state index is 13.1. The number of nitrogens with one attached hydrogen (secondary N) is 2. The predicted octanol–water partition coefficient (Wildman–Crippen LogP) is 5.27. The van der Waals surface area contributed by atoms with Gasteiger partial charge in [-0.25, -0.2) is 0 Å². The third-order valence-electron chi connectivity index (χ3n) is 5.82. The monoisotopic (exact) mass is 489 g/mol. The summed E-state index contributed by atoms with van der Waals surface area (Å²) in [7, 11) is 1.70. The molecule has 3 aromatic rings. The van der Waals surface area contributed by atoms with Gasteiger partial charge in [-0.15, -0.1) is 0 Å². The number of aryl methyl sites for hydroxylation is 1. The number of aliphatic carboxylic acids is 1. The van der Waals surface area contributed by atoms with Crippen molar-refractivity contribution >= 4 is 57.7 Å². The Balaban J connectivity index is 1.80. The van der Waals surface area contributed by atoms with Crippen molar-refractivity contribution in [3.63, 3.8) is 0 Å². The molecule has 0 radical (unpaired) electrons. The number of hydrogen-bond acceptors (Lipinski definition) is 4. The van der Waals surface area contributed by atoms with Gasteiger partial charge in [0.1, 0.15) is 0 Å². The van der Waals surface area contributed by atoms with Gasteiger partial charge in [-0.3, -0.25) is 14.4 Å². The Hall–Kier alpha value is -4.10. The number of rotatable bonds is 7. The molecular formula is C27H24ClN3O4. The quantitative estimate of drug-likeness (QED) is 0.392. The molecule has 0 saturated heterocycles. The molecule has 0 saturated carbocycles. The Morgan fingerprint density at radius 3 is 2.49 bits per heavy atom. The highest BCUT2D eigenvalue weighted by Crippen LogP contribution is 2.39. The lowest BCUT2D eigenvalue weighted by Crippen LogP contribution is -2.22. The molecule has 35 heavy (non-hydrogen) atoms. The van der Waals surface area contributed by atoms with Crippen molar-refractivity contribution in [3.05, 3.63) is 88.4 Å². The molecule has 3 N–H and O–H groups in total. The summed E-state index contributed by atoms with van der Waals surface area (Å²) in [4.78, 5) is 37.4. The number of nitrogens with zero attached hydrogens (tertiary/aromatic N) is 1. The van der Waals surface area contributed by atoms with Crippen LogP contribution in [0.25, 0.3) is 11.3 Å². The van der Waals surface area contributed by atoms with E-state index in [1.807, 2.05) is 48.5 Å². The first-order chi connectivity index (χ1) is 16.7. The largest absolute Gasteiger partial charge is 0.481 e. The maximum Gasteiger partial charge on any atom is 0.303 e. The minimum Gasteiger partial charge on any atom is -0.481 e. The Bertz CT molecular complexity index is 1350. The zero-order chi connectivity index (χ0) is 25.1. The summed E-state index contributed by atoms with van der Waals surface area (Å²) < 4.78 is 0. The Labute approximate surface area is 208 Å². The summed E-state index contributed by atoms with van der Waals surface area (Å²) in [6.45, 7) is 1.49. The Morgan fingerprint density at radius 1 is 1.06 bits per heavy atom. The number of carboxylic acid groups (broad SMARTS) is 1. The van der Waals surface area contributed by atoms with Crippen LogP contribution >= 0.6 is 11.6 Å². The summed E-state index contributed by atoms with van der Waals surface area (Å²) >= 11 is 6.13. The van der Waals surface area contributed by atoms with E-state index in [1.54, 1.807) is 30.1 Å². The number of benzene rings is 3. The highest BCUT2D eigenvalue weighted by molar-refractivity contribution is 6.38. The van der Waals surface area contributed by atoms with Crippen LogP contribution in [-0.2, 0) is 20.8 Å². The lowest BCUT2D eigenvalue weighted by molar-refractivity contribution is -0.137. The van der Waals surface area contributed by atoms with E-state index in [9.17, 15) is 14.4 Å². The number of carboxylic acids is 1. The van der Waals surface area contributed by atoms with E-state index < -0.39 is 5.97 Å². The van der Waals surface area contributed by atoms with E-state index in [-0.39, 0.29) is 18.2 Å². The summed E-state index contributed by atoms with van der Waals surface area (Å²) in [5, 5.41) is 15.8. The van der Waals surface area contributed by atoms with Crippen LogP contribution in [0.1, 0.15) is 30.0 Å². The van der Waals surface area contributed by atoms with E-state index in [2.05, 4.69) is 10.6 Å². The molecule has 0 unspecified atom stereocenters. The number of fused-ring (bicyclic) bond motifs is 1. The van der Waals surface area contributed by atoms with Crippen molar-refractivity contribution in [1.29, 1.82) is 0 Å². The number of hydrogen-bond donors (Lipinski definition) is 3. The van der Waals surface area contributed by atoms with Gasteiger partial charge in [0.2, 0.25) is 5.91 Å². The van der Waals surface area contributed by atoms with Gasteiger partial charge in [0.05, 0.1) is 17.0 Å². The fourth-order valence-corrected chi connectivity index (χ4v) is 4.07. The molecule has 0 spiro atoms. The standard InChI is InChI=1S/C27H24ClN3O4/c1-16(32)31(2)21-10-8-20(9-11-21)29-26(18-5-3-4-17(14-18)6-13-24(33)34)25-22-12-7-19(28)15-23(22)30-27(25)35/h3-5,7-12,14-15,29H,6,13H2,1-2H3,(H,30,35)(H,33,34)/b26-25-. The zero-order valence-electron chi connectivity index (χ0n) is 19.3. The SMILES string of the molecule is CC(=O)N(C)c1ccc(N/C(=C2\C(=O)Nc3cc(Cl)ccc32)c2cccc(CCC(=O)O)c2)cc1. The van der Waals surface area contributed by atoms with E-state index in [4.69, 9.17) is 16.7 Å². The van der Waals surface area contributed by atoms with Gasteiger partial charge in [0, 0.05) is 42.4 Å². The molecule has 0 bridgehead atoms. The molecule has 4 rings (SSSR count). The Kier molecular flexibility index (Phi) is 6.89. The molecule has 1 aliphatic rings. The van der Waals surface area contributed by atoms with Crippen LogP contribution < -0.4 is 15.5 Å². The lowest BCUT2D eigenvalue weighted by atomic mass is 9.97. The number of anilines is 3. The summed E-state index contributed by atoms with van der Waals surface area (Å²) in [6, 6.07) is 20.0. The fraction of sp³-hybridized carbons (Fsp3) is 0.148. The molecule has 178 valence electrons. The van der Waals surface area contributed by atoms with Crippen molar-refractivity contribution in [3.8, 4) is 0 Å². The van der Waals surface area contributed by atoms with Crippen molar-refractivity contribution in [2.75, 3.05) is 22.6 Å². The van der Waals surface area contributed by atoms with E-state index in [0.717, 1.165) is 22.5 Å². The third kappa shape index (κ3) is 5.36. The van der Waals surface area contributed by atoms with Crippen molar-refractivity contribution < 1.29 is 19.5 Å². The van der Waals surface area contributed by atoms with E-state index in [0.29, 0.717) is 34.0 Å². The van der Waals surface area contributed by atoms with Crippen LogP contribution in [0, 0.1) is 0 Å². The number of carbonyl (C=O) groups excluding carboxylic acids is 2. The number of amides is 2. The minimum atomic E-state index is -0.872. The maximum absolute atomic E-state index is 13.1. The second-order valence-corrected chi connectivity index (χ2v) is 8.67. The van der Waals surface area contributed by atoms with Gasteiger partial charge in [0.25, 0.3) is 5.91 Å². The average molecular weight is 490 g/mol. The first-order valence-electron chi connectivity index (χ1n) is 11.0. The lowest BCUT2D eigenvalue weighted by Gasteiger charge is -2.18. The van der Waals surface area contributed by atoms with Crippen LogP contribution in [0.15, 0.2) is 66.7 Å². The first-order valence-corrected chi connectivity index (χ1v) is 11.4. The summed E-state index contributed by atoms with van der Waals surface area (Å²) in [6.07, 6.45) is 0.381. The molecule has 1 heterocycles. The molecule has 7 nitrogen and oxygen atoms in total. The van der Waals surface area contributed by atoms with Crippen LogP contribution in [0.3, 0.4) is 0 Å². The van der Waals surface area contributed by atoms with Gasteiger partial charge < -0.3 is 20.6 Å². The third-order valence-corrected chi connectivity index (χ3v) is 6.05. The van der Waals surface area contributed by atoms with E-state index >= 15 is 0 Å². The van der Waals surface area contributed by atoms with Crippen molar-refractivity contribution in [2.45, 2.75) is 19.8 Å². The van der Waals surface area contributed by atoms with E-state index in [1.165, 1.54) is 6.92 Å².